The SMILES string of the molecule is CCOC(=O)c1cn(Cc2cccc(C=NN)c2)cc1-c1ccc(-c2ccccc2S(N)(=O)=O)cc1. The highest BCUT2D eigenvalue weighted by molar-refractivity contribution is 7.89. The molecule has 0 amide bonds. The van der Waals surface area contributed by atoms with Crippen LogP contribution in [0.5, 0.6) is 0 Å². The number of nitrogens with two attached hydrogens (primary N) is 2. The highest BCUT2D eigenvalue weighted by Gasteiger charge is 2.19. The van der Waals surface area contributed by atoms with Crippen molar-refractivity contribution in [3.8, 4) is 22.3 Å². The zero-order chi connectivity index (χ0) is 25.7. The van der Waals surface area contributed by atoms with Gasteiger partial charge in [-0.3, -0.25) is 0 Å². The summed E-state index contributed by atoms with van der Waals surface area (Å²) in [6, 6.07) is 21.6. The summed E-state index contributed by atoms with van der Waals surface area (Å²) in [5, 5.41) is 8.96. The highest BCUT2D eigenvalue weighted by Crippen LogP contribution is 2.31. The van der Waals surface area contributed by atoms with Gasteiger partial charge >= 0.3 is 5.97 Å². The number of benzene rings is 3. The molecule has 36 heavy (non-hydrogen) atoms. The van der Waals surface area contributed by atoms with E-state index in [4.69, 9.17) is 15.7 Å². The molecule has 0 saturated heterocycles. The maximum absolute atomic E-state index is 12.7. The van der Waals surface area contributed by atoms with Crippen molar-refractivity contribution in [3.63, 3.8) is 0 Å². The maximum atomic E-state index is 12.7. The molecule has 0 unspecified atom stereocenters. The Kier molecular flexibility index (Phi) is 7.33. The molecule has 1 aromatic heterocycles. The quantitative estimate of drug-likeness (QED) is 0.163. The van der Waals surface area contributed by atoms with Crippen molar-refractivity contribution in [2.45, 2.75) is 18.4 Å². The molecule has 0 atom stereocenters. The van der Waals surface area contributed by atoms with Gasteiger partial charge in [0.1, 0.15) is 0 Å². The molecular formula is C27H26N4O4S. The third-order valence-corrected chi connectivity index (χ3v) is 6.58. The lowest BCUT2D eigenvalue weighted by Crippen LogP contribution is -2.13. The third kappa shape index (κ3) is 5.54. The van der Waals surface area contributed by atoms with E-state index in [1.807, 2.05) is 47.2 Å². The summed E-state index contributed by atoms with van der Waals surface area (Å²) in [4.78, 5) is 12.8. The topological polar surface area (TPSA) is 130 Å². The van der Waals surface area contributed by atoms with Gasteiger partial charge in [-0.15, -0.1) is 0 Å². The van der Waals surface area contributed by atoms with Crippen LogP contribution in [-0.4, -0.2) is 31.8 Å². The number of aromatic nitrogens is 1. The van der Waals surface area contributed by atoms with Gasteiger partial charge in [0, 0.05) is 30.1 Å². The second-order valence-electron chi connectivity index (χ2n) is 8.12. The molecule has 4 aromatic rings. The summed E-state index contributed by atoms with van der Waals surface area (Å²) >= 11 is 0. The molecule has 4 N–H and O–H groups in total. The number of rotatable bonds is 8. The molecule has 0 fully saturated rings. The number of hydrogen-bond donors (Lipinski definition) is 2. The van der Waals surface area contributed by atoms with Crippen molar-refractivity contribution in [1.82, 2.24) is 4.57 Å². The normalized spacial score (nSPS) is 11.6. The van der Waals surface area contributed by atoms with Crippen molar-refractivity contribution in [2.24, 2.45) is 16.1 Å². The second kappa shape index (κ2) is 10.6. The zero-order valence-electron chi connectivity index (χ0n) is 19.7. The zero-order valence-corrected chi connectivity index (χ0v) is 20.5. The number of carbonyl (C=O) groups excluding carboxylic acids is 1. The first-order chi connectivity index (χ1) is 17.3. The molecule has 0 bridgehead atoms. The summed E-state index contributed by atoms with van der Waals surface area (Å²) in [6.07, 6.45) is 5.23. The van der Waals surface area contributed by atoms with Crippen molar-refractivity contribution in [3.05, 3.63) is 102 Å². The van der Waals surface area contributed by atoms with Crippen LogP contribution in [0.2, 0.25) is 0 Å². The van der Waals surface area contributed by atoms with Crippen LogP contribution in [0.15, 0.2) is 95.2 Å². The number of carbonyl (C=O) groups is 1. The van der Waals surface area contributed by atoms with Crippen LogP contribution in [0.25, 0.3) is 22.3 Å². The van der Waals surface area contributed by atoms with Gasteiger partial charge in [-0.25, -0.2) is 18.4 Å². The molecular weight excluding hydrogens is 476 g/mol. The molecule has 0 aliphatic carbocycles. The van der Waals surface area contributed by atoms with Gasteiger partial charge in [-0.05, 0) is 41.3 Å². The molecule has 184 valence electrons. The second-order valence-corrected chi connectivity index (χ2v) is 9.65. The lowest BCUT2D eigenvalue weighted by molar-refractivity contribution is 0.0527. The van der Waals surface area contributed by atoms with Crippen LogP contribution in [0, 0.1) is 0 Å². The minimum absolute atomic E-state index is 0.0537. The van der Waals surface area contributed by atoms with Gasteiger partial charge in [0.25, 0.3) is 0 Å². The maximum Gasteiger partial charge on any atom is 0.340 e. The summed E-state index contributed by atoms with van der Waals surface area (Å²) in [6.45, 7) is 2.54. The van der Waals surface area contributed by atoms with Gasteiger partial charge < -0.3 is 15.1 Å². The van der Waals surface area contributed by atoms with Gasteiger partial charge in [0.2, 0.25) is 10.0 Å². The van der Waals surface area contributed by atoms with Crippen molar-refractivity contribution < 1.29 is 17.9 Å². The van der Waals surface area contributed by atoms with Crippen molar-refractivity contribution in [2.75, 3.05) is 6.61 Å². The first kappa shape index (κ1) is 24.9. The van der Waals surface area contributed by atoms with Crippen LogP contribution >= 0.6 is 0 Å². The molecule has 0 aliphatic rings. The Labute approximate surface area is 209 Å². The van der Waals surface area contributed by atoms with Crippen LogP contribution in [0.3, 0.4) is 0 Å². The molecule has 8 nitrogen and oxygen atoms in total. The van der Waals surface area contributed by atoms with E-state index in [0.717, 1.165) is 16.7 Å². The Hall–Kier alpha value is -4.21. The lowest BCUT2D eigenvalue weighted by Gasteiger charge is -2.09. The van der Waals surface area contributed by atoms with E-state index in [0.29, 0.717) is 28.8 Å². The van der Waals surface area contributed by atoms with Crippen molar-refractivity contribution in [1.29, 1.82) is 0 Å². The van der Waals surface area contributed by atoms with E-state index in [1.165, 1.54) is 6.07 Å². The summed E-state index contributed by atoms with van der Waals surface area (Å²) in [5.74, 6) is 4.85. The number of hydrazone groups is 1. The van der Waals surface area contributed by atoms with Crippen molar-refractivity contribution >= 4 is 22.2 Å². The predicted molar refractivity (Wildman–Crippen MR) is 140 cm³/mol. The smallest absolute Gasteiger partial charge is 0.340 e. The third-order valence-electron chi connectivity index (χ3n) is 5.62. The minimum atomic E-state index is -3.88. The number of nitrogens with zero attached hydrogens (tertiary/aromatic N) is 2. The largest absolute Gasteiger partial charge is 0.462 e. The number of primary sulfonamides is 1. The molecule has 1 heterocycles. The molecule has 0 radical (unpaired) electrons. The monoisotopic (exact) mass is 502 g/mol. The number of sulfonamides is 1. The molecule has 9 heteroatoms. The average molecular weight is 503 g/mol. The fraction of sp³-hybridized carbons (Fsp3) is 0.111. The standard InChI is InChI=1S/C27H26N4O4S/c1-2-35-27(32)25-18-31(16-20-7-5-6-19(14-20)15-30-28)17-24(25)22-12-10-21(11-13-22)23-8-3-4-9-26(23)36(29,33)34/h3-15,17-18H,2,16,28H2,1H3,(H2,29,33,34). The van der Waals surface area contributed by atoms with Crippen LogP contribution in [0.4, 0.5) is 0 Å². The van der Waals surface area contributed by atoms with Gasteiger partial charge in [0.05, 0.1) is 23.3 Å². The van der Waals surface area contributed by atoms with Crippen LogP contribution in [0.1, 0.15) is 28.4 Å². The average Bonchev–Trinajstić information content (AvgIpc) is 3.28. The van der Waals surface area contributed by atoms with Gasteiger partial charge in [-0.2, -0.15) is 5.10 Å². The molecule has 4 rings (SSSR count). The molecule has 0 saturated carbocycles. The van der Waals surface area contributed by atoms with E-state index in [-0.39, 0.29) is 11.5 Å². The molecule has 0 aliphatic heterocycles. The lowest BCUT2D eigenvalue weighted by atomic mass is 10.00. The fourth-order valence-electron chi connectivity index (χ4n) is 4.05. The highest BCUT2D eigenvalue weighted by atomic mass is 32.2. The van der Waals surface area contributed by atoms with Gasteiger partial charge in [0.15, 0.2) is 0 Å². The Balaban J connectivity index is 1.71. The fourth-order valence-corrected chi connectivity index (χ4v) is 4.81. The van der Waals surface area contributed by atoms with Gasteiger partial charge in [-0.1, -0.05) is 60.7 Å². The Morgan fingerprint density at radius 3 is 2.33 bits per heavy atom. The minimum Gasteiger partial charge on any atom is -0.462 e. The van der Waals surface area contributed by atoms with E-state index in [9.17, 15) is 13.2 Å². The van der Waals surface area contributed by atoms with Crippen LogP contribution < -0.4 is 11.0 Å². The Bertz CT molecular complexity index is 1520. The van der Waals surface area contributed by atoms with E-state index >= 15 is 0 Å². The van der Waals surface area contributed by atoms with E-state index < -0.39 is 16.0 Å². The first-order valence-corrected chi connectivity index (χ1v) is 12.8. The summed E-state index contributed by atoms with van der Waals surface area (Å²) in [5.41, 5.74) is 5.03. The number of ether oxygens (including phenoxy) is 1. The predicted octanol–water partition coefficient (Wildman–Crippen LogP) is 3.99. The first-order valence-electron chi connectivity index (χ1n) is 11.2. The Morgan fingerprint density at radius 1 is 0.972 bits per heavy atom. The molecule has 0 spiro atoms. The summed E-state index contributed by atoms with van der Waals surface area (Å²) < 4.78 is 31.2. The van der Waals surface area contributed by atoms with E-state index in [2.05, 4.69) is 5.10 Å². The molecule has 3 aromatic carbocycles. The van der Waals surface area contributed by atoms with Crippen LogP contribution in [-0.2, 0) is 21.3 Å². The van der Waals surface area contributed by atoms with E-state index in [1.54, 1.807) is 49.7 Å². The number of hydrogen-bond acceptors (Lipinski definition) is 6. The Morgan fingerprint density at radius 2 is 1.67 bits per heavy atom. The number of esters is 1. The summed E-state index contributed by atoms with van der Waals surface area (Å²) in [7, 11) is -3.88.